The van der Waals surface area contributed by atoms with Crippen molar-refractivity contribution in [1.82, 2.24) is 20.4 Å². The number of aryl methyl sites for hydroxylation is 2. The molecule has 3 aromatic heterocycles. The first-order chi connectivity index (χ1) is 10.1. The first-order valence-corrected chi connectivity index (χ1v) is 6.56. The molecular formula is C15H14N4O2. The number of carbonyl (C=O) groups is 1. The summed E-state index contributed by atoms with van der Waals surface area (Å²) in [6, 6.07) is 5.48. The highest BCUT2D eigenvalue weighted by Gasteiger charge is 2.17. The summed E-state index contributed by atoms with van der Waals surface area (Å²) >= 11 is 0. The number of hydrogen-bond acceptors (Lipinski definition) is 5. The van der Waals surface area contributed by atoms with Crippen molar-refractivity contribution in [3.63, 3.8) is 0 Å². The van der Waals surface area contributed by atoms with E-state index < -0.39 is 0 Å². The third kappa shape index (κ3) is 2.60. The fourth-order valence-electron chi connectivity index (χ4n) is 2.18. The van der Waals surface area contributed by atoms with Crippen molar-refractivity contribution in [2.75, 3.05) is 0 Å². The van der Waals surface area contributed by atoms with Crippen LogP contribution in [0.3, 0.4) is 0 Å². The maximum atomic E-state index is 12.4. The van der Waals surface area contributed by atoms with Gasteiger partial charge in [-0.25, -0.2) is 4.98 Å². The van der Waals surface area contributed by atoms with Crippen molar-refractivity contribution >= 4 is 17.0 Å². The van der Waals surface area contributed by atoms with Gasteiger partial charge < -0.3 is 9.84 Å². The van der Waals surface area contributed by atoms with E-state index in [4.69, 9.17) is 4.52 Å². The van der Waals surface area contributed by atoms with Crippen LogP contribution < -0.4 is 5.32 Å². The van der Waals surface area contributed by atoms with Crippen LogP contribution in [0, 0.1) is 13.8 Å². The molecule has 3 heterocycles. The first kappa shape index (κ1) is 13.2. The summed E-state index contributed by atoms with van der Waals surface area (Å²) in [6.45, 7) is 4.02. The number of fused-ring (bicyclic) bond motifs is 1. The van der Waals surface area contributed by atoms with E-state index in [1.807, 2.05) is 19.1 Å². The van der Waals surface area contributed by atoms with Crippen molar-refractivity contribution in [3.05, 3.63) is 53.1 Å². The van der Waals surface area contributed by atoms with Crippen molar-refractivity contribution in [1.29, 1.82) is 0 Å². The highest BCUT2D eigenvalue weighted by Crippen LogP contribution is 2.21. The maximum Gasteiger partial charge on any atom is 0.258 e. The smallest absolute Gasteiger partial charge is 0.258 e. The van der Waals surface area contributed by atoms with Crippen LogP contribution in [0.1, 0.15) is 27.3 Å². The lowest BCUT2D eigenvalue weighted by molar-refractivity contribution is 0.0952. The minimum Gasteiger partial charge on any atom is -0.348 e. The van der Waals surface area contributed by atoms with E-state index in [-0.39, 0.29) is 5.91 Å². The number of nitrogens with zero attached hydrogens (tertiary/aromatic N) is 3. The zero-order valence-corrected chi connectivity index (χ0v) is 11.8. The minimum atomic E-state index is -0.180. The number of amides is 1. The second-order valence-corrected chi connectivity index (χ2v) is 4.80. The standard InChI is InChI=1S/C15H14N4O2/c1-9-6-12(13-10(2)19-21-15(13)18-9)14(20)17-8-11-4-3-5-16-7-11/h3-7H,8H2,1-2H3,(H,17,20). The number of hydrogen-bond donors (Lipinski definition) is 1. The van der Waals surface area contributed by atoms with Crippen LogP contribution in [-0.4, -0.2) is 21.0 Å². The van der Waals surface area contributed by atoms with Gasteiger partial charge >= 0.3 is 0 Å². The molecule has 0 aliphatic rings. The van der Waals surface area contributed by atoms with E-state index in [1.54, 1.807) is 25.4 Å². The summed E-state index contributed by atoms with van der Waals surface area (Å²) in [7, 11) is 0. The summed E-state index contributed by atoms with van der Waals surface area (Å²) in [4.78, 5) is 20.7. The molecule has 0 atom stereocenters. The van der Waals surface area contributed by atoms with E-state index in [2.05, 4.69) is 20.4 Å². The lowest BCUT2D eigenvalue weighted by Crippen LogP contribution is -2.23. The molecule has 1 amide bonds. The molecule has 0 saturated carbocycles. The molecule has 106 valence electrons. The number of pyridine rings is 2. The first-order valence-electron chi connectivity index (χ1n) is 6.56. The molecule has 0 unspecified atom stereocenters. The Kier molecular flexibility index (Phi) is 3.35. The molecule has 0 aliphatic carbocycles. The fraction of sp³-hybridized carbons (Fsp3) is 0.200. The molecular weight excluding hydrogens is 268 g/mol. The molecule has 6 nitrogen and oxygen atoms in total. The zero-order valence-electron chi connectivity index (χ0n) is 11.8. The van der Waals surface area contributed by atoms with Crippen LogP contribution in [0.25, 0.3) is 11.1 Å². The summed E-state index contributed by atoms with van der Waals surface area (Å²) in [6.07, 6.45) is 3.42. The van der Waals surface area contributed by atoms with Gasteiger partial charge in [0.15, 0.2) is 0 Å². The van der Waals surface area contributed by atoms with Gasteiger partial charge in [0.1, 0.15) is 0 Å². The fourth-order valence-corrected chi connectivity index (χ4v) is 2.18. The Morgan fingerprint density at radius 3 is 3.00 bits per heavy atom. The molecule has 21 heavy (non-hydrogen) atoms. The van der Waals surface area contributed by atoms with Gasteiger partial charge in [-0.1, -0.05) is 11.2 Å². The average Bonchev–Trinajstić information content (AvgIpc) is 2.86. The van der Waals surface area contributed by atoms with Gasteiger partial charge in [0.05, 0.1) is 16.6 Å². The molecule has 0 fully saturated rings. The van der Waals surface area contributed by atoms with E-state index in [0.29, 0.717) is 34.6 Å². The third-order valence-corrected chi connectivity index (χ3v) is 3.17. The molecule has 0 bridgehead atoms. The van der Waals surface area contributed by atoms with Crippen LogP contribution in [0.15, 0.2) is 35.1 Å². The zero-order chi connectivity index (χ0) is 14.8. The maximum absolute atomic E-state index is 12.4. The number of aromatic nitrogens is 3. The van der Waals surface area contributed by atoms with Crippen LogP contribution in [0.2, 0.25) is 0 Å². The number of carbonyl (C=O) groups excluding carboxylic acids is 1. The number of rotatable bonds is 3. The van der Waals surface area contributed by atoms with Gasteiger partial charge in [0.25, 0.3) is 11.6 Å². The van der Waals surface area contributed by atoms with Crippen LogP contribution in [0.5, 0.6) is 0 Å². The second-order valence-electron chi connectivity index (χ2n) is 4.80. The summed E-state index contributed by atoms with van der Waals surface area (Å²) in [5.74, 6) is -0.180. The topological polar surface area (TPSA) is 80.9 Å². The van der Waals surface area contributed by atoms with Gasteiger partial charge in [-0.15, -0.1) is 0 Å². The normalized spacial score (nSPS) is 10.8. The SMILES string of the molecule is Cc1cc(C(=O)NCc2cccnc2)c2c(C)noc2n1. The summed E-state index contributed by atoms with van der Waals surface area (Å²) in [5, 5.41) is 7.40. The average molecular weight is 282 g/mol. The van der Waals surface area contributed by atoms with Gasteiger partial charge in [0.2, 0.25) is 0 Å². The van der Waals surface area contributed by atoms with E-state index in [1.165, 1.54) is 0 Å². The molecule has 0 aliphatic heterocycles. The molecule has 0 aromatic carbocycles. The quantitative estimate of drug-likeness (QED) is 0.796. The van der Waals surface area contributed by atoms with Crippen LogP contribution in [0.4, 0.5) is 0 Å². The molecule has 0 radical (unpaired) electrons. The lowest BCUT2D eigenvalue weighted by atomic mass is 10.1. The van der Waals surface area contributed by atoms with Crippen molar-refractivity contribution < 1.29 is 9.32 Å². The molecule has 3 aromatic rings. The van der Waals surface area contributed by atoms with E-state index in [0.717, 1.165) is 5.56 Å². The van der Waals surface area contributed by atoms with Gasteiger partial charge in [-0.05, 0) is 31.5 Å². The second kappa shape index (κ2) is 5.32. The molecule has 0 saturated heterocycles. The lowest BCUT2D eigenvalue weighted by Gasteiger charge is -2.06. The monoisotopic (exact) mass is 282 g/mol. The Morgan fingerprint density at radius 1 is 1.38 bits per heavy atom. The summed E-state index contributed by atoms with van der Waals surface area (Å²) < 4.78 is 5.13. The largest absolute Gasteiger partial charge is 0.348 e. The Bertz CT molecular complexity index is 796. The van der Waals surface area contributed by atoms with Gasteiger partial charge in [-0.3, -0.25) is 9.78 Å². The Labute approximate surface area is 121 Å². The van der Waals surface area contributed by atoms with E-state index in [9.17, 15) is 4.79 Å². The highest BCUT2D eigenvalue weighted by atomic mass is 16.5. The van der Waals surface area contributed by atoms with Gasteiger partial charge in [0, 0.05) is 24.6 Å². The minimum absolute atomic E-state index is 0.180. The molecule has 6 heteroatoms. The van der Waals surface area contributed by atoms with Gasteiger partial charge in [-0.2, -0.15) is 0 Å². The Balaban J connectivity index is 1.89. The summed E-state index contributed by atoms with van der Waals surface area (Å²) in [5.41, 5.74) is 3.23. The number of nitrogens with one attached hydrogen (secondary N) is 1. The Hall–Kier alpha value is -2.76. The van der Waals surface area contributed by atoms with Crippen molar-refractivity contribution in [2.45, 2.75) is 20.4 Å². The molecule has 0 spiro atoms. The predicted molar refractivity (Wildman–Crippen MR) is 76.7 cm³/mol. The van der Waals surface area contributed by atoms with Crippen LogP contribution in [-0.2, 0) is 6.54 Å². The van der Waals surface area contributed by atoms with Crippen LogP contribution >= 0.6 is 0 Å². The van der Waals surface area contributed by atoms with E-state index >= 15 is 0 Å². The molecule has 3 rings (SSSR count). The van der Waals surface area contributed by atoms with Crippen molar-refractivity contribution in [3.8, 4) is 0 Å². The third-order valence-electron chi connectivity index (χ3n) is 3.17. The molecule has 1 N–H and O–H groups in total. The highest BCUT2D eigenvalue weighted by molar-refractivity contribution is 6.05. The predicted octanol–water partition coefficient (Wildman–Crippen LogP) is 2.16. The Morgan fingerprint density at radius 2 is 2.24 bits per heavy atom. The van der Waals surface area contributed by atoms with Crippen molar-refractivity contribution in [2.24, 2.45) is 0 Å².